The van der Waals surface area contributed by atoms with E-state index in [1.54, 1.807) is 0 Å². The molecule has 0 bridgehead atoms. The Kier molecular flexibility index (Phi) is 10.2. The molecule has 1 unspecified atom stereocenters. The third-order valence-corrected chi connectivity index (χ3v) is 6.48. The van der Waals surface area contributed by atoms with Crippen molar-refractivity contribution in [1.82, 2.24) is 15.5 Å². The van der Waals surface area contributed by atoms with Gasteiger partial charge in [0, 0.05) is 31.6 Å². The van der Waals surface area contributed by atoms with Crippen LogP contribution >= 0.6 is 24.8 Å². The summed E-state index contributed by atoms with van der Waals surface area (Å²) in [7, 11) is 0. The standard InChI is InChI=1S/C19H35N3O2.2ClH/c1-2-19(9-6-10-21-19)17(23)20-15-18(7-4-3-5-8-18)16-22-11-13-24-14-12-22;;/h21H,2-16H2,1H3,(H,20,23);2*1H. The van der Waals surface area contributed by atoms with Crippen molar-refractivity contribution in [2.75, 3.05) is 45.9 Å². The van der Waals surface area contributed by atoms with E-state index in [9.17, 15) is 4.79 Å². The maximum Gasteiger partial charge on any atom is 0.240 e. The fourth-order valence-corrected chi connectivity index (χ4v) is 4.83. The molecule has 2 heterocycles. The molecule has 1 saturated carbocycles. The molecule has 0 aromatic rings. The summed E-state index contributed by atoms with van der Waals surface area (Å²) in [6, 6.07) is 0. The van der Waals surface area contributed by atoms with Gasteiger partial charge in [0.15, 0.2) is 0 Å². The Balaban J connectivity index is 0.00000169. The van der Waals surface area contributed by atoms with Gasteiger partial charge in [-0.3, -0.25) is 9.69 Å². The molecule has 1 amide bonds. The molecule has 0 aromatic heterocycles. The summed E-state index contributed by atoms with van der Waals surface area (Å²) in [4.78, 5) is 15.4. The van der Waals surface area contributed by atoms with Crippen molar-refractivity contribution in [2.24, 2.45) is 5.41 Å². The van der Waals surface area contributed by atoms with Gasteiger partial charge in [0.2, 0.25) is 5.91 Å². The zero-order valence-electron chi connectivity index (χ0n) is 16.2. The van der Waals surface area contributed by atoms with Crippen molar-refractivity contribution < 1.29 is 9.53 Å². The first-order valence-corrected chi connectivity index (χ1v) is 10.0. The minimum atomic E-state index is -0.311. The average molecular weight is 410 g/mol. The van der Waals surface area contributed by atoms with Gasteiger partial charge >= 0.3 is 0 Å². The molecule has 3 fully saturated rings. The zero-order valence-corrected chi connectivity index (χ0v) is 17.8. The number of nitrogens with one attached hydrogen (secondary N) is 2. The van der Waals surface area contributed by atoms with Gasteiger partial charge in [0.05, 0.1) is 18.8 Å². The first kappa shape index (κ1) is 24.0. The first-order valence-electron chi connectivity index (χ1n) is 10.0. The van der Waals surface area contributed by atoms with E-state index in [4.69, 9.17) is 4.74 Å². The summed E-state index contributed by atoms with van der Waals surface area (Å²) in [6.07, 6.45) is 9.42. The first-order chi connectivity index (χ1) is 11.7. The molecular weight excluding hydrogens is 373 g/mol. The third kappa shape index (κ3) is 5.71. The molecule has 0 aromatic carbocycles. The second-order valence-electron chi connectivity index (χ2n) is 8.10. The Bertz CT molecular complexity index is 419. The van der Waals surface area contributed by atoms with E-state index in [1.165, 1.54) is 32.1 Å². The molecule has 2 N–H and O–H groups in total. The van der Waals surface area contributed by atoms with E-state index in [1.807, 2.05) is 0 Å². The van der Waals surface area contributed by atoms with Crippen LogP contribution in [0.3, 0.4) is 0 Å². The molecule has 5 nitrogen and oxygen atoms in total. The van der Waals surface area contributed by atoms with Crippen molar-refractivity contribution in [3.63, 3.8) is 0 Å². The summed E-state index contributed by atoms with van der Waals surface area (Å²) < 4.78 is 5.50. The molecule has 1 atom stereocenters. The van der Waals surface area contributed by atoms with Crippen LogP contribution in [0.15, 0.2) is 0 Å². The SMILES string of the molecule is CCC1(C(=O)NCC2(CN3CCOCC3)CCCCC2)CCCN1.Cl.Cl. The molecule has 0 radical (unpaired) electrons. The van der Waals surface area contributed by atoms with Crippen molar-refractivity contribution in [2.45, 2.75) is 63.8 Å². The van der Waals surface area contributed by atoms with Crippen LogP contribution in [-0.2, 0) is 9.53 Å². The topological polar surface area (TPSA) is 53.6 Å². The lowest BCUT2D eigenvalue weighted by Crippen LogP contribution is -2.56. The van der Waals surface area contributed by atoms with E-state index in [0.29, 0.717) is 0 Å². The van der Waals surface area contributed by atoms with Gasteiger partial charge < -0.3 is 15.4 Å². The lowest BCUT2D eigenvalue weighted by Gasteiger charge is -2.43. The average Bonchev–Trinajstić information content (AvgIpc) is 3.12. The molecule has 1 aliphatic carbocycles. The number of morpholine rings is 1. The molecule has 0 spiro atoms. The lowest BCUT2D eigenvalue weighted by molar-refractivity contribution is -0.128. The van der Waals surface area contributed by atoms with Gasteiger partial charge in [-0.2, -0.15) is 0 Å². The lowest BCUT2D eigenvalue weighted by atomic mass is 9.73. The molecule has 26 heavy (non-hydrogen) atoms. The van der Waals surface area contributed by atoms with E-state index < -0.39 is 0 Å². The third-order valence-electron chi connectivity index (χ3n) is 6.48. The minimum Gasteiger partial charge on any atom is -0.379 e. The number of nitrogens with zero attached hydrogens (tertiary/aromatic N) is 1. The summed E-state index contributed by atoms with van der Waals surface area (Å²) in [6.45, 7) is 8.83. The Morgan fingerprint density at radius 3 is 2.35 bits per heavy atom. The highest BCUT2D eigenvalue weighted by atomic mass is 35.5. The van der Waals surface area contributed by atoms with Crippen LogP contribution in [0.5, 0.6) is 0 Å². The molecular formula is C19H37Cl2N3O2. The number of halogens is 2. The zero-order chi connectivity index (χ0) is 16.9. The Labute approximate surface area is 171 Å². The molecule has 7 heteroatoms. The fourth-order valence-electron chi connectivity index (χ4n) is 4.83. The Morgan fingerprint density at radius 1 is 1.08 bits per heavy atom. The summed E-state index contributed by atoms with van der Waals surface area (Å²) in [5.74, 6) is 0.231. The van der Waals surface area contributed by atoms with Crippen LogP contribution in [0.4, 0.5) is 0 Å². The van der Waals surface area contributed by atoms with Crippen LogP contribution in [-0.4, -0.2) is 62.3 Å². The second-order valence-corrected chi connectivity index (χ2v) is 8.10. The predicted molar refractivity (Wildman–Crippen MR) is 111 cm³/mol. The summed E-state index contributed by atoms with van der Waals surface area (Å²) in [5, 5.41) is 6.82. The number of rotatable bonds is 6. The smallest absolute Gasteiger partial charge is 0.240 e. The van der Waals surface area contributed by atoms with Crippen LogP contribution in [0.2, 0.25) is 0 Å². The van der Waals surface area contributed by atoms with Crippen LogP contribution < -0.4 is 10.6 Å². The van der Waals surface area contributed by atoms with Crippen molar-refractivity contribution in [3.8, 4) is 0 Å². The largest absolute Gasteiger partial charge is 0.379 e. The van der Waals surface area contributed by atoms with Crippen LogP contribution in [0.1, 0.15) is 58.3 Å². The molecule has 3 aliphatic rings. The summed E-state index contributed by atoms with van der Waals surface area (Å²) in [5.41, 5.74) is -0.0480. The van der Waals surface area contributed by atoms with Crippen molar-refractivity contribution >= 4 is 30.7 Å². The monoisotopic (exact) mass is 409 g/mol. The van der Waals surface area contributed by atoms with Crippen molar-refractivity contribution in [3.05, 3.63) is 0 Å². The maximum absolute atomic E-state index is 12.9. The van der Waals surface area contributed by atoms with Gasteiger partial charge in [-0.15, -0.1) is 24.8 Å². The number of amides is 1. The van der Waals surface area contributed by atoms with Crippen LogP contribution in [0, 0.1) is 5.41 Å². The number of hydrogen-bond donors (Lipinski definition) is 2. The highest BCUT2D eigenvalue weighted by molar-refractivity contribution is 5.86. The Morgan fingerprint density at radius 2 is 1.77 bits per heavy atom. The van der Waals surface area contributed by atoms with E-state index in [0.717, 1.165) is 65.2 Å². The molecule has 3 rings (SSSR count). The van der Waals surface area contributed by atoms with Crippen molar-refractivity contribution in [1.29, 1.82) is 0 Å². The minimum absolute atomic E-state index is 0. The van der Waals surface area contributed by atoms with Gasteiger partial charge in [-0.25, -0.2) is 0 Å². The molecule has 154 valence electrons. The Hall–Kier alpha value is -0.0700. The van der Waals surface area contributed by atoms with Gasteiger partial charge in [0.25, 0.3) is 0 Å². The summed E-state index contributed by atoms with van der Waals surface area (Å²) >= 11 is 0. The van der Waals surface area contributed by atoms with E-state index in [2.05, 4.69) is 22.5 Å². The van der Waals surface area contributed by atoms with Gasteiger partial charge in [-0.05, 0) is 38.6 Å². The number of ether oxygens (including phenoxy) is 1. The number of hydrogen-bond acceptors (Lipinski definition) is 4. The normalized spacial score (nSPS) is 28.7. The van der Waals surface area contributed by atoms with E-state index >= 15 is 0 Å². The number of carbonyl (C=O) groups is 1. The molecule has 2 saturated heterocycles. The maximum atomic E-state index is 12.9. The predicted octanol–water partition coefficient (Wildman–Crippen LogP) is 2.76. The molecule has 2 aliphatic heterocycles. The van der Waals surface area contributed by atoms with Gasteiger partial charge in [-0.1, -0.05) is 26.2 Å². The van der Waals surface area contributed by atoms with E-state index in [-0.39, 0.29) is 41.7 Å². The highest BCUT2D eigenvalue weighted by Crippen LogP contribution is 2.37. The quantitative estimate of drug-likeness (QED) is 0.707. The van der Waals surface area contributed by atoms with Crippen LogP contribution in [0.25, 0.3) is 0 Å². The fraction of sp³-hybridized carbons (Fsp3) is 0.947. The van der Waals surface area contributed by atoms with Gasteiger partial charge in [0.1, 0.15) is 0 Å². The second kappa shape index (κ2) is 11.1. The number of carbonyl (C=O) groups excluding carboxylic acids is 1. The highest BCUT2D eigenvalue weighted by Gasteiger charge is 2.41.